The molecule has 0 unspecified atom stereocenters. The predicted molar refractivity (Wildman–Crippen MR) is 54.2 cm³/mol. The Kier molecular flexibility index (Phi) is 2.86. The van der Waals surface area contributed by atoms with E-state index in [0.717, 1.165) is 11.8 Å². The van der Waals surface area contributed by atoms with E-state index in [1.165, 1.54) is 0 Å². The van der Waals surface area contributed by atoms with Crippen LogP contribution >= 0.6 is 0 Å². The number of hydrogen-bond donors (Lipinski definition) is 1. The maximum Gasteiger partial charge on any atom is 0.394 e. The number of aromatic carboxylic acids is 1. The van der Waals surface area contributed by atoms with Gasteiger partial charge in [0.2, 0.25) is 0 Å². The quantitative estimate of drug-likeness (QED) is 0.850. The second-order valence-corrected chi connectivity index (χ2v) is 3.08. The van der Waals surface area contributed by atoms with E-state index in [1.54, 1.807) is 0 Å². The van der Waals surface area contributed by atoms with Gasteiger partial charge in [0.05, 0.1) is 0 Å². The molecule has 2 aromatic rings. The molecule has 0 atom stereocenters. The molecule has 0 aliphatic carbocycles. The lowest BCUT2D eigenvalue weighted by molar-refractivity contribution is 0.0690. The molecule has 0 saturated carbocycles. The Bertz CT molecular complexity index is 478. The zero-order valence-corrected chi connectivity index (χ0v) is 8.29. The van der Waals surface area contributed by atoms with Crippen LogP contribution in [-0.2, 0) is 6.61 Å². The number of rotatable bonds is 4. The summed E-state index contributed by atoms with van der Waals surface area (Å²) in [6.07, 6.45) is 1.00. The van der Waals surface area contributed by atoms with Crippen LogP contribution in [0, 0.1) is 0 Å². The number of carboxylic acids is 1. The Hall–Kier alpha value is -2.30. The summed E-state index contributed by atoms with van der Waals surface area (Å²) >= 11 is 0. The average Bonchev–Trinajstić information content (AvgIpc) is 2.76. The summed E-state index contributed by atoms with van der Waals surface area (Å²) in [7, 11) is 0. The van der Waals surface area contributed by atoms with Crippen LogP contribution in [0.4, 0.5) is 0 Å². The second kappa shape index (κ2) is 4.48. The highest BCUT2D eigenvalue weighted by Gasteiger charge is 2.10. The first-order chi connectivity index (χ1) is 7.75. The maximum atomic E-state index is 10.5. The molecule has 0 aliphatic heterocycles. The predicted octanol–water partition coefficient (Wildman–Crippen LogP) is 1.95. The van der Waals surface area contributed by atoms with Crippen LogP contribution in [0.5, 0.6) is 6.08 Å². The third kappa shape index (κ3) is 2.38. The van der Waals surface area contributed by atoms with E-state index in [2.05, 4.69) is 4.98 Å². The van der Waals surface area contributed by atoms with Crippen molar-refractivity contribution < 1.29 is 19.1 Å². The van der Waals surface area contributed by atoms with Crippen LogP contribution in [0.3, 0.4) is 0 Å². The smallest absolute Gasteiger partial charge is 0.394 e. The average molecular weight is 219 g/mol. The largest absolute Gasteiger partial charge is 0.476 e. The van der Waals surface area contributed by atoms with Crippen molar-refractivity contribution in [1.29, 1.82) is 0 Å². The SMILES string of the molecule is O=C(O)c1coc(OCc2ccccc2)n1. The molecule has 0 saturated heterocycles. The Morgan fingerprint density at radius 1 is 1.38 bits per heavy atom. The van der Waals surface area contributed by atoms with Gasteiger partial charge >= 0.3 is 12.0 Å². The fraction of sp³-hybridized carbons (Fsp3) is 0.0909. The number of aromatic nitrogens is 1. The molecule has 0 amide bonds. The molecular weight excluding hydrogens is 210 g/mol. The highest BCUT2D eigenvalue weighted by molar-refractivity contribution is 5.84. The fourth-order valence-electron chi connectivity index (χ4n) is 1.14. The minimum Gasteiger partial charge on any atom is -0.476 e. The lowest BCUT2D eigenvalue weighted by Gasteiger charge is -2.00. The molecule has 1 N–H and O–H groups in total. The molecule has 1 heterocycles. The summed E-state index contributed by atoms with van der Waals surface area (Å²) in [6.45, 7) is 0.292. The number of nitrogens with zero attached hydrogens (tertiary/aromatic N) is 1. The summed E-state index contributed by atoms with van der Waals surface area (Å²) in [5, 5.41) is 8.61. The summed E-state index contributed by atoms with van der Waals surface area (Å²) in [5.74, 6) is -1.14. The first-order valence-corrected chi connectivity index (χ1v) is 4.61. The number of carboxylic acid groups (broad SMARTS) is 1. The Morgan fingerprint density at radius 3 is 2.75 bits per heavy atom. The molecule has 0 fully saturated rings. The van der Waals surface area contributed by atoms with E-state index in [-0.39, 0.29) is 11.8 Å². The van der Waals surface area contributed by atoms with Crippen molar-refractivity contribution in [2.45, 2.75) is 6.61 Å². The lowest BCUT2D eigenvalue weighted by Crippen LogP contribution is -1.98. The minimum absolute atomic E-state index is 0.0405. The van der Waals surface area contributed by atoms with E-state index < -0.39 is 5.97 Å². The van der Waals surface area contributed by atoms with E-state index in [1.807, 2.05) is 30.3 Å². The van der Waals surface area contributed by atoms with Crippen molar-refractivity contribution >= 4 is 5.97 Å². The number of benzene rings is 1. The van der Waals surface area contributed by atoms with Gasteiger partial charge in [-0.3, -0.25) is 0 Å². The molecule has 0 radical (unpaired) electrons. The van der Waals surface area contributed by atoms with Crippen LogP contribution in [0.25, 0.3) is 0 Å². The van der Waals surface area contributed by atoms with E-state index in [0.29, 0.717) is 6.61 Å². The van der Waals surface area contributed by atoms with E-state index in [4.69, 9.17) is 14.3 Å². The Balaban J connectivity index is 1.97. The van der Waals surface area contributed by atoms with Gasteiger partial charge in [-0.05, 0) is 5.56 Å². The molecule has 82 valence electrons. The third-order valence-corrected chi connectivity index (χ3v) is 1.91. The van der Waals surface area contributed by atoms with Crippen LogP contribution in [0.2, 0.25) is 0 Å². The van der Waals surface area contributed by atoms with E-state index in [9.17, 15) is 4.79 Å². The summed E-state index contributed by atoms with van der Waals surface area (Å²) < 4.78 is 10.0. The topological polar surface area (TPSA) is 72.6 Å². The number of oxazole rings is 1. The zero-order chi connectivity index (χ0) is 11.4. The number of ether oxygens (including phenoxy) is 1. The highest BCUT2D eigenvalue weighted by atomic mass is 16.6. The first kappa shape index (κ1) is 10.2. The van der Waals surface area contributed by atoms with Crippen molar-refractivity contribution in [2.24, 2.45) is 0 Å². The van der Waals surface area contributed by atoms with Gasteiger partial charge in [0.1, 0.15) is 12.9 Å². The van der Waals surface area contributed by atoms with Crippen molar-refractivity contribution in [2.75, 3.05) is 0 Å². The van der Waals surface area contributed by atoms with Gasteiger partial charge in [-0.2, -0.15) is 4.98 Å². The van der Waals surface area contributed by atoms with Gasteiger partial charge in [0.15, 0.2) is 5.69 Å². The molecule has 1 aromatic carbocycles. The van der Waals surface area contributed by atoms with Gasteiger partial charge in [0, 0.05) is 0 Å². The second-order valence-electron chi connectivity index (χ2n) is 3.08. The molecule has 1 aromatic heterocycles. The first-order valence-electron chi connectivity index (χ1n) is 4.61. The molecular formula is C11H9NO4. The van der Waals surface area contributed by atoms with Crippen LogP contribution < -0.4 is 4.74 Å². The normalized spacial score (nSPS) is 10.0. The molecule has 0 bridgehead atoms. The maximum absolute atomic E-state index is 10.5. The van der Waals surface area contributed by atoms with Gasteiger partial charge < -0.3 is 14.3 Å². The zero-order valence-electron chi connectivity index (χ0n) is 8.29. The summed E-state index contributed by atoms with van der Waals surface area (Å²) in [5.41, 5.74) is 0.792. The van der Waals surface area contributed by atoms with Crippen LogP contribution in [0.1, 0.15) is 16.1 Å². The standard InChI is InChI=1S/C11H9NO4/c13-10(14)9-7-16-11(12-9)15-6-8-4-2-1-3-5-8/h1-5,7H,6H2,(H,13,14). The van der Waals surface area contributed by atoms with Gasteiger partial charge in [0.25, 0.3) is 0 Å². The molecule has 0 aliphatic rings. The lowest BCUT2D eigenvalue weighted by atomic mass is 10.2. The van der Waals surface area contributed by atoms with Crippen molar-refractivity contribution in [3.05, 3.63) is 47.9 Å². The van der Waals surface area contributed by atoms with Crippen molar-refractivity contribution in [1.82, 2.24) is 4.98 Å². The van der Waals surface area contributed by atoms with Gasteiger partial charge in [-0.25, -0.2) is 4.79 Å². The third-order valence-electron chi connectivity index (χ3n) is 1.91. The van der Waals surface area contributed by atoms with Crippen molar-refractivity contribution in [3.63, 3.8) is 0 Å². The van der Waals surface area contributed by atoms with Crippen LogP contribution in [0.15, 0.2) is 41.0 Å². The summed E-state index contributed by atoms with van der Waals surface area (Å²) in [4.78, 5) is 14.1. The molecule has 0 spiro atoms. The van der Waals surface area contributed by atoms with Gasteiger partial charge in [-0.15, -0.1) is 0 Å². The van der Waals surface area contributed by atoms with Crippen LogP contribution in [-0.4, -0.2) is 16.1 Å². The number of carbonyl (C=O) groups is 1. The monoisotopic (exact) mass is 219 g/mol. The minimum atomic E-state index is -1.14. The highest BCUT2D eigenvalue weighted by Crippen LogP contribution is 2.12. The van der Waals surface area contributed by atoms with Crippen molar-refractivity contribution in [3.8, 4) is 6.08 Å². The van der Waals surface area contributed by atoms with Gasteiger partial charge in [-0.1, -0.05) is 30.3 Å². The fourth-order valence-corrected chi connectivity index (χ4v) is 1.14. The molecule has 5 nitrogen and oxygen atoms in total. The van der Waals surface area contributed by atoms with E-state index >= 15 is 0 Å². The molecule has 2 rings (SSSR count). The molecule has 16 heavy (non-hydrogen) atoms. The number of hydrogen-bond acceptors (Lipinski definition) is 4. The summed E-state index contributed by atoms with van der Waals surface area (Å²) in [6, 6.07) is 9.45. The Labute approximate surface area is 91.3 Å². The molecule has 5 heteroatoms. The Morgan fingerprint density at radius 2 is 2.12 bits per heavy atom.